The van der Waals surface area contributed by atoms with Crippen molar-refractivity contribution in [3.63, 3.8) is 0 Å². The maximum atomic E-state index is 12.6. The van der Waals surface area contributed by atoms with Gasteiger partial charge in [-0.1, -0.05) is 36.4 Å². The summed E-state index contributed by atoms with van der Waals surface area (Å²) in [5.74, 6) is -1.96. The van der Waals surface area contributed by atoms with Gasteiger partial charge in [-0.2, -0.15) is 10.6 Å². The molecular formula is C24H20O6S. The van der Waals surface area contributed by atoms with E-state index < -0.39 is 33.7 Å². The average Bonchev–Trinajstić information content (AvgIpc) is 2.73. The van der Waals surface area contributed by atoms with Crippen LogP contribution in [0.25, 0.3) is 21.5 Å². The van der Waals surface area contributed by atoms with Crippen molar-refractivity contribution >= 4 is 43.7 Å². The van der Waals surface area contributed by atoms with E-state index in [1.165, 1.54) is 12.1 Å². The van der Waals surface area contributed by atoms with Crippen LogP contribution < -0.4 is 0 Å². The third kappa shape index (κ3) is 4.39. The Labute approximate surface area is 179 Å². The van der Waals surface area contributed by atoms with Crippen LogP contribution in [0.15, 0.2) is 72.8 Å². The molecule has 31 heavy (non-hydrogen) atoms. The zero-order valence-electron chi connectivity index (χ0n) is 16.4. The fourth-order valence-electron chi connectivity index (χ4n) is 3.52. The third-order valence-electron chi connectivity index (χ3n) is 5.08. The lowest BCUT2D eigenvalue weighted by Gasteiger charge is -2.30. The Morgan fingerprint density at radius 1 is 0.645 bits per heavy atom. The highest BCUT2D eigenvalue weighted by molar-refractivity contribution is 8.25. The number of benzene rings is 4. The summed E-state index contributed by atoms with van der Waals surface area (Å²) < 4.78 is 20.8. The molecule has 0 radical (unpaired) electrons. The van der Waals surface area contributed by atoms with Crippen molar-refractivity contribution in [2.45, 2.75) is 0 Å². The Kier molecular flexibility index (Phi) is 5.41. The van der Waals surface area contributed by atoms with Crippen LogP contribution in [0.4, 0.5) is 0 Å². The van der Waals surface area contributed by atoms with Gasteiger partial charge in [0.25, 0.3) is 0 Å². The number of hydrogen-bond acceptors (Lipinski definition) is 6. The molecular weight excluding hydrogens is 416 g/mol. The first-order valence-electron chi connectivity index (χ1n) is 9.47. The first-order chi connectivity index (χ1) is 14.7. The van der Waals surface area contributed by atoms with Crippen molar-refractivity contribution in [3.8, 4) is 11.5 Å². The van der Waals surface area contributed by atoms with Crippen molar-refractivity contribution < 1.29 is 28.9 Å². The standard InChI is InChI=1S/C24H20O6S/c25-21-5-1-3-15-11-17(7-9-19(15)21)23(27)13-31(29,30)14-24(28)18-8-10-20-16(12-18)4-2-6-22(20)26/h1-12,25-26,29-30H,13-14H2. The van der Waals surface area contributed by atoms with Gasteiger partial charge in [-0.05, 0) is 47.2 Å². The minimum absolute atomic E-state index is 0.0927. The molecule has 0 bridgehead atoms. The number of carbonyl (C=O) groups is 2. The molecule has 0 atom stereocenters. The summed E-state index contributed by atoms with van der Waals surface area (Å²) >= 11 is 0. The molecule has 0 aliphatic rings. The summed E-state index contributed by atoms with van der Waals surface area (Å²) in [6, 6.07) is 19.2. The summed E-state index contributed by atoms with van der Waals surface area (Å²) in [5, 5.41) is 22.2. The van der Waals surface area contributed by atoms with Crippen LogP contribution in [0, 0.1) is 0 Å². The number of phenolic OH excluding ortho intramolecular Hbond substituents is 2. The number of aromatic hydroxyl groups is 2. The molecule has 158 valence electrons. The fourth-order valence-corrected chi connectivity index (χ4v) is 4.79. The molecule has 7 heteroatoms. The van der Waals surface area contributed by atoms with Gasteiger partial charge in [0.05, 0.1) is 0 Å². The van der Waals surface area contributed by atoms with Crippen LogP contribution in [0.5, 0.6) is 11.5 Å². The SMILES string of the molecule is O=C(CS(O)(O)CC(=O)c1ccc2c(O)cccc2c1)c1ccc2c(O)cccc2c1. The Morgan fingerprint density at radius 3 is 1.48 bits per heavy atom. The summed E-state index contributed by atoms with van der Waals surface area (Å²) in [5.41, 5.74) is 0.540. The second-order valence-corrected chi connectivity index (χ2v) is 9.54. The number of phenols is 2. The van der Waals surface area contributed by atoms with Gasteiger partial charge < -0.3 is 10.2 Å². The smallest absolute Gasteiger partial charge is 0.181 e. The van der Waals surface area contributed by atoms with Crippen LogP contribution in [-0.4, -0.2) is 42.4 Å². The van der Waals surface area contributed by atoms with E-state index >= 15 is 0 Å². The van der Waals surface area contributed by atoms with Gasteiger partial charge in [0.2, 0.25) is 0 Å². The van der Waals surface area contributed by atoms with Crippen molar-refractivity contribution in [2.24, 2.45) is 0 Å². The monoisotopic (exact) mass is 436 g/mol. The number of fused-ring (bicyclic) bond motifs is 2. The minimum Gasteiger partial charge on any atom is -0.507 e. The molecule has 0 amide bonds. The first-order valence-corrected chi connectivity index (χ1v) is 11.4. The summed E-state index contributed by atoms with van der Waals surface area (Å²) in [6.45, 7) is 0. The molecule has 0 aliphatic heterocycles. The molecule has 0 unspecified atom stereocenters. The van der Waals surface area contributed by atoms with Gasteiger partial charge in [-0.25, -0.2) is 0 Å². The lowest BCUT2D eigenvalue weighted by molar-refractivity contribution is 0.101. The van der Waals surface area contributed by atoms with Crippen molar-refractivity contribution in [2.75, 3.05) is 11.5 Å². The lowest BCUT2D eigenvalue weighted by Crippen LogP contribution is -2.21. The van der Waals surface area contributed by atoms with Gasteiger partial charge in [0.15, 0.2) is 11.6 Å². The van der Waals surface area contributed by atoms with Crippen LogP contribution in [0.3, 0.4) is 0 Å². The van der Waals surface area contributed by atoms with Gasteiger partial charge in [-0.3, -0.25) is 18.7 Å². The van der Waals surface area contributed by atoms with E-state index in [2.05, 4.69) is 0 Å². The Morgan fingerprint density at radius 2 is 1.06 bits per heavy atom. The van der Waals surface area contributed by atoms with E-state index in [0.29, 0.717) is 21.5 Å². The topological polar surface area (TPSA) is 115 Å². The second-order valence-electron chi connectivity index (χ2n) is 7.36. The maximum absolute atomic E-state index is 12.6. The van der Waals surface area contributed by atoms with Gasteiger partial charge in [0, 0.05) is 21.9 Å². The molecule has 0 heterocycles. The molecule has 0 aliphatic carbocycles. The third-order valence-corrected chi connectivity index (χ3v) is 6.53. The molecule has 4 rings (SSSR count). The molecule has 0 saturated heterocycles. The zero-order chi connectivity index (χ0) is 22.2. The first kappa shape index (κ1) is 20.9. The Hall–Kier alpha value is -3.39. The van der Waals surface area contributed by atoms with Gasteiger partial charge in [0.1, 0.15) is 23.0 Å². The molecule has 0 spiro atoms. The summed E-state index contributed by atoms with van der Waals surface area (Å²) in [7, 11) is -3.50. The van der Waals surface area contributed by atoms with Crippen molar-refractivity contribution in [1.82, 2.24) is 0 Å². The quantitative estimate of drug-likeness (QED) is 0.308. The number of hydrogen-bond donors (Lipinski definition) is 4. The fraction of sp³-hybridized carbons (Fsp3) is 0.0833. The highest BCUT2D eigenvalue weighted by atomic mass is 32.3. The Balaban J connectivity index is 1.51. The predicted molar refractivity (Wildman–Crippen MR) is 122 cm³/mol. The van der Waals surface area contributed by atoms with E-state index in [4.69, 9.17) is 0 Å². The molecule has 4 aromatic rings. The van der Waals surface area contributed by atoms with Crippen LogP contribution in [-0.2, 0) is 0 Å². The highest BCUT2D eigenvalue weighted by Gasteiger charge is 2.23. The second kappa shape index (κ2) is 8.03. The molecule has 4 aromatic carbocycles. The van der Waals surface area contributed by atoms with E-state index in [1.54, 1.807) is 60.7 Å². The normalized spacial score (nSPS) is 12.2. The van der Waals surface area contributed by atoms with Crippen LogP contribution >= 0.6 is 10.6 Å². The minimum atomic E-state index is -3.50. The molecule has 4 N–H and O–H groups in total. The molecule has 0 aromatic heterocycles. The van der Waals surface area contributed by atoms with E-state index in [-0.39, 0.29) is 22.6 Å². The zero-order valence-corrected chi connectivity index (χ0v) is 17.2. The average molecular weight is 436 g/mol. The number of Topliss-reactive ketones (excluding diaryl/α,β-unsaturated/α-hetero) is 2. The van der Waals surface area contributed by atoms with E-state index in [0.717, 1.165) is 0 Å². The number of rotatable bonds is 6. The number of carbonyl (C=O) groups excluding carboxylic acids is 2. The van der Waals surface area contributed by atoms with Gasteiger partial charge in [-0.15, -0.1) is 0 Å². The predicted octanol–water partition coefficient (Wildman–Crippen LogP) is 5.22. The van der Waals surface area contributed by atoms with Crippen molar-refractivity contribution in [3.05, 3.63) is 83.9 Å². The van der Waals surface area contributed by atoms with E-state index in [1.807, 2.05) is 0 Å². The summed E-state index contributed by atoms with van der Waals surface area (Å²) in [6.07, 6.45) is 0. The van der Waals surface area contributed by atoms with E-state index in [9.17, 15) is 28.9 Å². The van der Waals surface area contributed by atoms with Crippen molar-refractivity contribution in [1.29, 1.82) is 0 Å². The highest BCUT2D eigenvalue weighted by Crippen LogP contribution is 2.40. The maximum Gasteiger partial charge on any atom is 0.181 e. The Bertz CT molecular complexity index is 1230. The summed E-state index contributed by atoms with van der Waals surface area (Å²) in [4.78, 5) is 25.2. The molecule has 0 fully saturated rings. The molecule has 6 nitrogen and oxygen atoms in total. The largest absolute Gasteiger partial charge is 0.507 e. The lowest BCUT2D eigenvalue weighted by atomic mass is 10.0. The number of ketones is 2. The van der Waals surface area contributed by atoms with Crippen LogP contribution in [0.1, 0.15) is 20.7 Å². The van der Waals surface area contributed by atoms with Crippen LogP contribution in [0.2, 0.25) is 0 Å². The van der Waals surface area contributed by atoms with Gasteiger partial charge >= 0.3 is 0 Å². The molecule has 0 saturated carbocycles.